The molecule has 0 spiro atoms. The van der Waals surface area contributed by atoms with E-state index in [-0.39, 0.29) is 24.8 Å². The fourth-order valence-corrected chi connectivity index (χ4v) is 4.03. The highest BCUT2D eigenvalue weighted by atomic mass is 16.5. The number of carbonyl (C=O) groups excluding carboxylic acids is 3. The van der Waals surface area contributed by atoms with Crippen LogP contribution in [0.1, 0.15) is 57.4 Å². The second kappa shape index (κ2) is 11.5. The Labute approximate surface area is 189 Å². The number of ether oxygens (including phenoxy) is 1. The van der Waals surface area contributed by atoms with Crippen molar-refractivity contribution in [3.05, 3.63) is 30.0 Å². The number of aromatic nitrogens is 1. The van der Waals surface area contributed by atoms with Gasteiger partial charge in [-0.15, -0.1) is 0 Å². The lowest BCUT2D eigenvalue weighted by atomic mass is 10.1. The molecule has 0 bridgehead atoms. The smallest absolute Gasteiger partial charge is 0.324 e. The van der Waals surface area contributed by atoms with Crippen molar-refractivity contribution < 1.29 is 19.1 Å². The summed E-state index contributed by atoms with van der Waals surface area (Å²) >= 11 is 0. The molecule has 0 radical (unpaired) electrons. The van der Waals surface area contributed by atoms with Gasteiger partial charge < -0.3 is 20.4 Å². The minimum absolute atomic E-state index is 0.0752. The van der Waals surface area contributed by atoms with Crippen molar-refractivity contribution in [1.29, 1.82) is 0 Å². The summed E-state index contributed by atoms with van der Waals surface area (Å²) in [4.78, 5) is 41.5. The van der Waals surface area contributed by atoms with Gasteiger partial charge in [-0.25, -0.2) is 4.79 Å². The van der Waals surface area contributed by atoms with Crippen LogP contribution in [0.4, 0.5) is 4.79 Å². The quantitative estimate of drug-likeness (QED) is 0.326. The van der Waals surface area contributed by atoms with Gasteiger partial charge in [-0.1, -0.05) is 32.6 Å². The summed E-state index contributed by atoms with van der Waals surface area (Å²) in [6.45, 7) is 3.12. The molecule has 0 unspecified atom stereocenters. The average Bonchev–Trinajstić information content (AvgIpc) is 3.32. The van der Waals surface area contributed by atoms with Gasteiger partial charge in [-0.2, -0.15) is 0 Å². The SMILES string of the molecule is CCCCCCCNC(=O)CC[C@@H]1NC(=O)N(CCc2c[nH]c3ccc(OC)cc23)C1=O. The maximum atomic E-state index is 12.7. The number of carbonyl (C=O) groups is 3. The van der Waals surface area contributed by atoms with Crippen molar-refractivity contribution in [3.8, 4) is 5.75 Å². The van der Waals surface area contributed by atoms with Gasteiger partial charge in [0.25, 0.3) is 5.91 Å². The van der Waals surface area contributed by atoms with Gasteiger partial charge in [0.05, 0.1) is 7.11 Å². The summed E-state index contributed by atoms with van der Waals surface area (Å²) < 4.78 is 5.29. The molecule has 8 heteroatoms. The maximum absolute atomic E-state index is 12.7. The summed E-state index contributed by atoms with van der Waals surface area (Å²) in [5, 5.41) is 6.63. The number of nitrogens with one attached hydrogen (secondary N) is 3. The van der Waals surface area contributed by atoms with E-state index in [0.29, 0.717) is 19.4 Å². The summed E-state index contributed by atoms with van der Waals surface area (Å²) in [6, 6.07) is 4.73. The number of hydrogen-bond donors (Lipinski definition) is 3. The molecule has 3 N–H and O–H groups in total. The molecule has 2 aromatic rings. The number of nitrogens with zero attached hydrogens (tertiary/aromatic N) is 1. The fourth-order valence-electron chi connectivity index (χ4n) is 4.03. The van der Waals surface area contributed by atoms with E-state index in [1.54, 1.807) is 7.11 Å². The molecule has 32 heavy (non-hydrogen) atoms. The van der Waals surface area contributed by atoms with Crippen LogP contribution in [0.15, 0.2) is 24.4 Å². The van der Waals surface area contributed by atoms with Crippen LogP contribution < -0.4 is 15.4 Å². The first kappa shape index (κ1) is 23.6. The molecule has 1 fully saturated rings. The van der Waals surface area contributed by atoms with E-state index in [4.69, 9.17) is 4.74 Å². The van der Waals surface area contributed by atoms with Crippen molar-refractivity contribution >= 4 is 28.7 Å². The van der Waals surface area contributed by atoms with Crippen LogP contribution in [0.2, 0.25) is 0 Å². The molecular formula is C24H34N4O4. The molecule has 174 valence electrons. The first-order valence-electron chi connectivity index (χ1n) is 11.6. The van der Waals surface area contributed by atoms with Crippen LogP contribution >= 0.6 is 0 Å². The van der Waals surface area contributed by atoms with Gasteiger partial charge in [0.2, 0.25) is 5.91 Å². The Morgan fingerprint density at radius 2 is 2.00 bits per heavy atom. The molecule has 0 aliphatic carbocycles. The number of fused-ring (bicyclic) bond motifs is 1. The minimum atomic E-state index is -0.638. The zero-order valence-corrected chi connectivity index (χ0v) is 19.0. The number of urea groups is 1. The van der Waals surface area contributed by atoms with Gasteiger partial charge in [0, 0.05) is 36.6 Å². The summed E-state index contributed by atoms with van der Waals surface area (Å²) in [6.07, 6.45) is 8.67. The zero-order valence-electron chi connectivity index (χ0n) is 19.0. The van der Waals surface area contributed by atoms with Gasteiger partial charge in [-0.3, -0.25) is 14.5 Å². The summed E-state index contributed by atoms with van der Waals surface area (Å²) in [5.74, 6) is 0.418. The number of hydrogen-bond acceptors (Lipinski definition) is 4. The molecule has 1 saturated heterocycles. The highest BCUT2D eigenvalue weighted by molar-refractivity contribution is 6.04. The molecular weight excluding hydrogens is 408 g/mol. The van der Waals surface area contributed by atoms with Crippen LogP contribution in [-0.4, -0.2) is 54.0 Å². The van der Waals surface area contributed by atoms with Crippen LogP contribution in [0, 0.1) is 0 Å². The van der Waals surface area contributed by atoms with Crippen LogP contribution in [0.5, 0.6) is 5.75 Å². The standard InChI is InChI=1S/C24H34N4O4/c1-3-4-5-6-7-13-25-22(29)11-10-21-23(30)28(24(31)27-21)14-12-17-16-26-20-9-8-18(32-2)15-19(17)20/h8-9,15-16,21,26H,3-7,10-14H2,1-2H3,(H,25,29)(H,27,31)/t21-/m0/s1. The van der Waals surface area contributed by atoms with Gasteiger partial charge in [0.15, 0.2) is 0 Å². The third-order valence-electron chi connectivity index (χ3n) is 5.95. The molecule has 0 saturated carbocycles. The van der Waals surface area contributed by atoms with E-state index < -0.39 is 12.1 Å². The van der Waals surface area contributed by atoms with Crippen LogP contribution in [0.25, 0.3) is 10.9 Å². The summed E-state index contributed by atoms with van der Waals surface area (Å²) in [5.41, 5.74) is 1.99. The second-order valence-corrected chi connectivity index (χ2v) is 8.27. The Morgan fingerprint density at radius 3 is 2.78 bits per heavy atom. The molecule has 8 nitrogen and oxygen atoms in total. The minimum Gasteiger partial charge on any atom is -0.497 e. The third kappa shape index (κ3) is 6.02. The number of amides is 4. The molecule has 1 aliphatic heterocycles. The lowest BCUT2D eigenvalue weighted by Crippen LogP contribution is -2.34. The van der Waals surface area contributed by atoms with E-state index in [2.05, 4.69) is 22.5 Å². The van der Waals surface area contributed by atoms with E-state index in [9.17, 15) is 14.4 Å². The molecule has 3 rings (SSSR count). The van der Waals surface area contributed by atoms with Gasteiger partial charge >= 0.3 is 6.03 Å². The van der Waals surface area contributed by atoms with Crippen molar-refractivity contribution in [2.75, 3.05) is 20.2 Å². The number of rotatable bonds is 13. The van der Waals surface area contributed by atoms with E-state index in [1.807, 2.05) is 24.4 Å². The van der Waals surface area contributed by atoms with Crippen molar-refractivity contribution in [2.24, 2.45) is 0 Å². The Bertz CT molecular complexity index is 939. The summed E-state index contributed by atoms with van der Waals surface area (Å²) in [7, 11) is 1.62. The first-order valence-corrected chi connectivity index (χ1v) is 11.6. The van der Waals surface area contributed by atoms with E-state index in [1.165, 1.54) is 24.2 Å². The third-order valence-corrected chi connectivity index (χ3v) is 5.95. The van der Waals surface area contributed by atoms with E-state index in [0.717, 1.165) is 35.1 Å². The van der Waals surface area contributed by atoms with Crippen LogP contribution in [-0.2, 0) is 16.0 Å². The number of methoxy groups -OCH3 is 1. The van der Waals surface area contributed by atoms with Crippen molar-refractivity contribution in [1.82, 2.24) is 20.5 Å². The number of aromatic amines is 1. The largest absolute Gasteiger partial charge is 0.497 e. The Morgan fingerprint density at radius 1 is 1.19 bits per heavy atom. The monoisotopic (exact) mass is 442 g/mol. The Hall–Kier alpha value is -3.03. The molecule has 1 aromatic heterocycles. The highest BCUT2D eigenvalue weighted by Gasteiger charge is 2.37. The normalized spacial score (nSPS) is 15.9. The second-order valence-electron chi connectivity index (χ2n) is 8.27. The van der Waals surface area contributed by atoms with Crippen molar-refractivity contribution in [2.45, 2.75) is 64.3 Å². The lowest BCUT2D eigenvalue weighted by molar-refractivity contribution is -0.127. The molecule has 1 aliphatic rings. The number of benzene rings is 1. The average molecular weight is 443 g/mol. The molecule has 1 aromatic carbocycles. The Kier molecular flexibility index (Phi) is 8.53. The predicted octanol–water partition coefficient (Wildman–Crippen LogP) is 3.51. The molecule has 1 atom stereocenters. The van der Waals surface area contributed by atoms with E-state index >= 15 is 0 Å². The molecule has 2 heterocycles. The van der Waals surface area contributed by atoms with Crippen molar-refractivity contribution in [3.63, 3.8) is 0 Å². The Balaban J connectivity index is 1.44. The fraction of sp³-hybridized carbons (Fsp3) is 0.542. The van der Waals surface area contributed by atoms with Gasteiger partial charge in [-0.05, 0) is 43.0 Å². The topological polar surface area (TPSA) is 104 Å². The zero-order chi connectivity index (χ0) is 22.9. The highest BCUT2D eigenvalue weighted by Crippen LogP contribution is 2.24. The predicted molar refractivity (Wildman–Crippen MR) is 124 cm³/mol. The van der Waals surface area contributed by atoms with Crippen LogP contribution in [0.3, 0.4) is 0 Å². The number of unbranched alkanes of at least 4 members (excludes halogenated alkanes) is 4. The first-order chi connectivity index (χ1) is 15.5. The maximum Gasteiger partial charge on any atom is 0.324 e. The lowest BCUT2D eigenvalue weighted by Gasteiger charge is -2.13. The number of imide groups is 1. The van der Waals surface area contributed by atoms with Gasteiger partial charge in [0.1, 0.15) is 11.8 Å². The number of H-pyrrole nitrogens is 1. The molecule has 4 amide bonds.